The van der Waals surface area contributed by atoms with Gasteiger partial charge in [0.15, 0.2) is 0 Å². The van der Waals surface area contributed by atoms with Crippen LogP contribution in [-0.2, 0) is 0 Å². The molecule has 0 saturated carbocycles. The smallest absolute Gasteiger partial charge is 0.0629 e. The number of hydrogen-bond donors (Lipinski definition) is 1. The fraction of sp³-hybridized carbons (Fsp3) is 1.00. The van der Waals surface area contributed by atoms with Crippen LogP contribution in [0.15, 0.2) is 0 Å². The zero-order valence-corrected chi connectivity index (χ0v) is 7.55. The van der Waals surface area contributed by atoms with Gasteiger partial charge < -0.3 is 5.11 Å². The van der Waals surface area contributed by atoms with Crippen molar-refractivity contribution in [1.82, 2.24) is 0 Å². The molecule has 8 heavy (non-hydrogen) atoms. The highest BCUT2D eigenvalue weighted by molar-refractivity contribution is 14.1. The maximum absolute atomic E-state index is 8.94. The number of hydrogen-bond acceptors (Lipinski definition) is 1. The van der Waals surface area contributed by atoms with Gasteiger partial charge >= 0.3 is 0 Å². The molecule has 0 aliphatic heterocycles. The SMILES string of the molecule is CCCC(I)C(C)O. The van der Waals surface area contributed by atoms with Crippen molar-refractivity contribution in [3.63, 3.8) is 0 Å². The molecule has 2 atom stereocenters. The molecule has 0 rings (SSSR count). The zero-order valence-electron chi connectivity index (χ0n) is 5.39. The molecule has 2 unspecified atom stereocenters. The summed E-state index contributed by atoms with van der Waals surface area (Å²) in [5.74, 6) is 0. The Morgan fingerprint density at radius 3 is 2.25 bits per heavy atom. The van der Waals surface area contributed by atoms with Crippen molar-refractivity contribution in [3.8, 4) is 0 Å². The highest BCUT2D eigenvalue weighted by Crippen LogP contribution is 2.11. The molecule has 0 aromatic heterocycles. The van der Waals surface area contributed by atoms with Crippen molar-refractivity contribution >= 4 is 22.6 Å². The summed E-state index contributed by atoms with van der Waals surface area (Å²) in [5, 5.41) is 8.94. The molecule has 2 heteroatoms. The minimum Gasteiger partial charge on any atom is -0.392 e. The van der Waals surface area contributed by atoms with Gasteiger partial charge in [0.05, 0.1) is 6.10 Å². The van der Waals surface area contributed by atoms with Gasteiger partial charge in [0.25, 0.3) is 0 Å². The number of alkyl halides is 1. The monoisotopic (exact) mass is 228 g/mol. The summed E-state index contributed by atoms with van der Waals surface area (Å²) in [4.78, 5) is 0. The van der Waals surface area contributed by atoms with Gasteiger partial charge in [-0.25, -0.2) is 0 Å². The largest absolute Gasteiger partial charge is 0.392 e. The van der Waals surface area contributed by atoms with Crippen LogP contribution in [0, 0.1) is 0 Å². The van der Waals surface area contributed by atoms with E-state index in [4.69, 9.17) is 5.11 Å². The molecule has 0 amide bonds. The lowest BCUT2D eigenvalue weighted by atomic mass is 10.2. The van der Waals surface area contributed by atoms with Crippen LogP contribution in [0.2, 0.25) is 0 Å². The molecule has 0 heterocycles. The number of aliphatic hydroxyl groups excluding tert-OH is 1. The molecule has 0 spiro atoms. The summed E-state index contributed by atoms with van der Waals surface area (Å²) in [6.07, 6.45) is 2.15. The topological polar surface area (TPSA) is 20.2 Å². The molecular formula is C6H13IO. The third-order valence-electron chi connectivity index (χ3n) is 1.09. The van der Waals surface area contributed by atoms with E-state index in [1.807, 2.05) is 6.92 Å². The second kappa shape index (κ2) is 4.56. The van der Waals surface area contributed by atoms with Crippen LogP contribution in [0.3, 0.4) is 0 Å². The van der Waals surface area contributed by atoms with E-state index < -0.39 is 0 Å². The third kappa shape index (κ3) is 3.66. The maximum Gasteiger partial charge on any atom is 0.0629 e. The van der Waals surface area contributed by atoms with E-state index in [1.165, 1.54) is 6.42 Å². The van der Waals surface area contributed by atoms with E-state index in [2.05, 4.69) is 29.5 Å². The fourth-order valence-corrected chi connectivity index (χ4v) is 1.14. The predicted molar refractivity (Wildman–Crippen MR) is 44.4 cm³/mol. The van der Waals surface area contributed by atoms with Crippen LogP contribution in [-0.4, -0.2) is 15.1 Å². The number of halogens is 1. The third-order valence-corrected chi connectivity index (χ3v) is 2.75. The lowest BCUT2D eigenvalue weighted by Gasteiger charge is -2.09. The van der Waals surface area contributed by atoms with E-state index in [9.17, 15) is 0 Å². The second-order valence-corrected chi connectivity index (χ2v) is 3.65. The lowest BCUT2D eigenvalue weighted by Crippen LogP contribution is -2.14. The van der Waals surface area contributed by atoms with Gasteiger partial charge in [0.2, 0.25) is 0 Å². The van der Waals surface area contributed by atoms with Crippen LogP contribution in [0.1, 0.15) is 26.7 Å². The Bertz CT molecular complexity index is 54.5. The Hall–Kier alpha value is 0.690. The first-order valence-electron chi connectivity index (χ1n) is 3.00. The Kier molecular flexibility index (Phi) is 4.95. The molecule has 0 aromatic rings. The van der Waals surface area contributed by atoms with E-state index in [-0.39, 0.29) is 6.10 Å². The van der Waals surface area contributed by atoms with Gasteiger partial charge in [-0.05, 0) is 13.3 Å². The molecule has 1 nitrogen and oxygen atoms in total. The van der Waals surface area contributed by atoms with Crippen molar-refractivity contribution in [2.45, 2.75) is 36.7 Å². The summed E-state index contributed by atoms with van der Waals surface area (Å²) in [6.45, 7) is 3.97. The number of aliphatic hydroxyl groups is 1. The van der Waals surface area contributed by atoms with E-state index in [0.29, 0.717) is 3.92 Å². The Balaban J connectivity index is 3.17. The summed E-state index contributed by atoms with van der Waals surface area (Å²) >= 11 is 2.28. The molecule has 0 aromatic carbocycles. The first-order valence-corrected chi connectivity index (χ1v) is 4.25. The van der Waals surface area contributed by atoms with Crippen LogP contribution in [0.25, 0.3) is 0 Å². The van der Waals surface area contributed by atoms with E-state index >= 15 is 0 Å². The van der Waals surface area contributed by atoms with Crippen molar-refractivity contribution < 1.29 is 5.11 Å². The molecule has 0 fully saturated rings. The molecule has 0 radical (unpaired) electrons. The normalized spacial score (nSPS) is 18.0. The quantitative estimate of drug-likeness (QED) is 0.578. The predicted octanol–water partition coefficient (Wildman–Crippen LogP) is 1.97. The minimum absolute atomic E-state index is 0.143. The highest BCUT2D eigenvalue weighted by atomic mass is 127. The van der Waals surface area contributed by atoms with Crippen LogP contribution < -0.4 is 0 Å². The van der Waals surface area contributed by atoms with Gasteiger partial charge in [-0.1, -0.05) is 35.9 Å². The van der Waals surface area contributed by atoms with E-state index in [1.54, 1.807) is 0 Å². The van der Waals surface area contributed by atoms with Crippen molar-refractivity contribution in [3.05, 3.63) is 0 Å². The van der Waals surface area contributed by atoms with Crippen molar-refractivity contribution in [1.29, 1.82) is 0 Å². The molecule has 1 N–H and O–H groups in total. The van der Waals surface area contributed by atoms with Gasteiger partial charge in [-0.3, -0.25) is 0 Å². The molecule has 0 bridgehead atoms. The van der Waals surface area contributed by atoms with E-state index in [0.717, 1.165) is 6.42 Å². The Morgan fingerprint density at radius 2 is 2.12 bits per heavy atom. The average molecular weight is 228 g/mol. The zero-order chi connectivity index (χ0) is 6.57. The summed E-state index contributed by atoms with van der Waals surface area (Å²) in [6, 6.07) is 0. The van der Waals surface area contributed by atoms with Gasteiger partial charge in [-0.15, -0.1) is 0 Å². The first-order chi connectivity index (χ1) is 3.68. The molecule has 0 aliphatic rings. The molecule has 0 aliphatic carbocycles. The van der Waals surface area contributed by atoms with Crippen LogP contribution >= 0.6 is 22.6 Å². The fourth-order valence-electron chi connectivity index (χ4n) is 0.517. The standard InChI is InChI=1S/C6H13IO/c1-3-4-6(7)5(2)8/h5-6,8H,3-4H2,1-2H3. The molecular weight excluding hydrogens is 215 g/mol. The average Bonchev–Trinajstić information content (AvgIpc) is 1.67. The molecule has 50 valence electrons. The first kappa shape index (κ1) is 8.69. The Morgan fingerprint density at radius 1 is 1.62 bits per heavy atom. The van der Waals surface area contributed by atoms with Gasteiger partial charge in [-0.2, -0.15) is 0 Å². The number of rotatable bonds is 3. The lowest BCUT2D eigenvalue weighted by molar-refractivity contribution is 0.192. The van der Waals surface area contributed by atoms with Crippen molar-refractivity contribution in [2.24, 2.45) is 0 Å². The highest BCUT2D eigenvalue weighted by Gasteiger charge is 2.07. The van der Waals surface area contributed by atoms with Crippen LogP contribution in [0.5, 0.6) is 0 Å². The maximum atomic E-state index is 8.94. The minimum atomic E-state index is -0.143. The summed E-state index contributed by atoms with van der Waals surface area (Å²) in [5.41, 5.74) is 0. The second-order valence-electron chi connectivity index (χ2n) is 2.05. The van der Waals surface area contributed by atoms with Gasteiger partial charge in [0.1, 0.15) is 0 Å². The summed E-state index contributed by atoms with van der Waals surface area (Å²) in [7, 11) is 0. The van der Waals surface area contributed by atoms with Crippen LogP contribution in [0.4, 0.5) is 0 Å². The summed E-state index contributed by atoms with van der Waals surface area (Å²) < 4.78 is 0.442. The Labute approximate surface area is 64.6 Å². The van der Waals surface area contributed by atoms with Crippen molar-refractivity contribution in [2.75, 3.05) is 0 Å². The van der Waals surface area contributed by atoms with Gasteiger partial charge in [0, 0.05) is 3.92 Å². The molecule has 0 saturated heterocycles.